The molecule has 0 saturated carbocycles. The predicted octanol–water partition coefficient (Wildman–Crippen LogP) is 3.75. The minimum atomic E-state index is -0.233. The number of fused-ring (bicyclic) bond motifs is 3. The molecule has 1 aromatic carbocycles. The molecule has 1 amide bonds. The maximum Gasteiger partial charge on any atom is 0.276 e. The Bertz CT molecular complexity index is 947. The molecule has 6 nitrogen and oxygen atoms in total. The number of carbonyl (C=O) groups excluding carboxylic acids is 1. The molecule has 0 unspecified atom stereocenters. The highest BCUT2D eigenvalue weighted by molar-refractivity contribution is 6.07. The molecule has 0 saturated heterocycles. The second-order valence-electron chi connectivity index (χ2n) is 6.58. The summed E-state index contributed by atoms with van der Waals surface area (Å²) in [5, 5.41) is 10.3. The van der Waals surface area contributed by atoms with Crippen LogP contribution in [0.2, 0.25) is 0 Å². The van der Waals surface area contributed by atoms with Gasteiger partial charge in [0.1, 0.15) is 0 Å². The van der Waals surface area contributed by atoms with Crippen LogP contribution in [0.4, 0.5) is 5.69 Å². The average Bonchev–Trinajstić information content (AvgIpc) is 3.03. The van der Waals surface area contributed by atoms with E-state index in [1.165, 1.54) is 0 Å². The zero-order valence-corrected chi connectivity index (χ0v) is 15.3. The molecule has 2 aromatic heterocycles. The van der Waals surface area contributed by atoms with E-state index in [9.17, 15) is 4.79 Å². The van der Waals surface area contributed by atoms with Gasteiger partial charge in [-0.1, -0.05) is 18.2 Å². The largest absolute Gasteiger partial charge is 0.377 e. The Balaban J connectivity index is 1.59. The van der Waals surface area contributed by atoms with Crippen molar-refractivity contribution in [3.05, 3.63) is 65.1 Å². The van der Waals surface area contributed by atoms with E-state index in [0.717, 1.165) is 53.0 Å². The number of hydrogen-bond donors (Lipinski definition) is 2. The van der Waals surface area contributed by atoms with Gasteiger partial charge >= 0.3 is 0 Å². The summed E-state index contributed by atoms with van der Waals surface area (Å²) in [6, 6.07) is 11.7. The molecular weight excluding hydrogens is 340 g/mol. The lowest BCUT2D eigenvalue weighted by atomic mass is 10.0. The molecule has 1 aliphatic carbocycles. The molecule has 0 radical (unpaired) electrons. The third-order valence-electron chi connectivity index (χ3n) is 4.74. The SMILES string of the molecule is CCOCc1ccc(NC(=O)c2n[nH]c3c2-c2ncccc2CCC3)cc1. The van der Waals surface area contributed by atoms with Gasteiger partial charge in [-0.05, 0) is 55.5 Å². The zero-order chi connectivity index (χ0) is 18.6. The van der Waals surface area contributed by atoms with Crippen molar-refractivity contribution < 1.29 is 9.53 Å². The van der Waals surface area contributed by atoms with Gasteiger partial charge in [0, 0.05) is 24.2 Å². The van der Waals surface area contributed by atoms with Crippen LogP contribution in [0.5, 0.6) is 0 Å². The summed E-state index contributed by atoms with van der Waals surface area (Å²) in [6.45, 7) is 3.22. The first-order valence-electron chi connectivity index (χ1n) is 9.25. The third kappa shape index (κ3) is 3.61. The van der Waals surface area contributed by atoms with Crippen LogP contribution in [0.25, 0.3) is 11.3 Å². The predicted molar refractivity (Wildman–Crippen MR) is 104 cm³/mol. The maximum absolute atomic E-state index is 12.9. The standard InChI is InChI=1S/C21H22N4O2/c1-2-27-13-14-8-10-16(11-9-14)23-21(26)20-18-17(24-25-20)7-3-5-15-6-4-12-22-19(15)18/h4,6,8-12H,2-3,5,7,13H2,1H3,(H,23,26)(H,24,25). The first-order chi connectivity index (χ1) is 13.3. The molecule has 1 aliphatic rings. The van der Waals surface area contributed by atoms with Gasteiger partial charge < -0.3 is 10.1 Å². The van der Waals surface area contributed by atoms with Crippen LogP contribution in [-0.2, 0) is 24.2 Å². The summed E-state index contributed by atoms with van der Waals surface area (Å²) in [5.41, 5.74) is 6.01. The molecular formula is C21H22N4O2. The number of H-pyrrole nitrogens is 1. The number of benzene rings is 1. The quantitative estimate of drug-likeness (QED) is 0.724. The number of amides is 1. The summed E-state index contributed by atoms with van der Waals surface area (Å²) in [6.07, 6.45) is 4.59. The van der Waals surface area contributed by atoms with Crippen LogP contribution in [0.3, 0.4) is 0 Å². The number of rotatable bonds is 5. The third-order valence-corrected chi connectivity index (χ3v) is 4.74. The Morgan fingerprint density at radius 2 is 2.07 bits per heavy atom. The molecule has 0 bridgehead atoms. The normalized spacial score (nSPS) is 12.8. The molecule has 0 fully saturated rings. The summed E-state index contributed by atoms with van der Waals surface area (Å²) >= 11 is 0. The van der Waals surface area contributed by atoms with Crippen molar-refractivity contribution in [3.8, 4) is 11.3 Å². The average molecular weight is 362 g/mol. The van der Waals surface area contributed by atoms with Crippen LogP contribution in [-0.4, -0.2) is 27.7 Å². The summed E-state index contributed by atoms with van der Waals surface area (Å²) < 4.78 is 5.40. The smallest absolute Gasteiger partial charge is 0.276 e. The number of nitrogens with one attached hydrogen (secondary N) is 2. The molecule has 2 heterocycles. The van der Waals surface area contributed by atoms with Crippen molar-refractivity contribution in [1.29, 1.82) is 0 Å². The van der Waals surface area contributed by atoms with Crippen molar-refractivity contribution in [2.75, 3.05) is 11.9 Å². The molecule has 0 spiro atoms. The number of ether oxygens (including phenoxy) is 1. The second-order valence-corrected chi connectivity index (χ2v) is 6.58. The Morgan fingerprint density at radius 3 is 2.89 bits per heavy atom. The topological polar surface area (TPSA) is 79.9 Å². The molecule has 27 heavy (non-hydrogen) atoms. The highest BCUT2D eigenvalue weighted by Crippen LogP contribution is 2.32. The van der Waals surface area contributed by atoms with Crippen LogP contribution in [0.1, 0.15) is 40.7 Å². The van der Waals surface area contributed by atoms with Gasteiger partial charge in [-0.3, -0.25) is 14.9 Å². The number of aromatic amines is 1. The Hall–Kier alpha value is -2.99. The minimum absolute atomic E-state index is 0.233. The molecule has 6 heteroatoms. The van der Waals surface area contributed by atoms with Crippen LogP contribution in [0, 0.1) is 0 Å². The fourth-order valence-corrected chi connectivity index (χ4v) is 3.39. The monoisotopic (exact) mass is 362 g/mol. The zero-order valence-electron chi connectivity index (χ0n) is 15.3. The van der Waals surface area contributed by atoms with Gasteiger partial charge in [-0.2, -0.15) is 5.10 Å². The Labute approximate surface area is 158 Å². The van der Waals surface area contributed by atoms with E-state index >= 15 is 0 Å². The van der Waals surface area contributed by atoms with E-state index in [-0.39, 0.29) is 5.91 Å². The van der Waals surface area contributed by atoms with E-state index < -0.39 is 0 Å². The van der Waals surface area contributed by atoms with Gasteiger partial charge in [-0.25, -0.2) is 0 Å². The lowest BCUT2D eigenvalue weighted by molar-refractivity contribution is 0.102. The lowest BCUT2D eigenvalue weighted by Crippen LogP contribution is -2.14. The molecule has 0 atom stereocenters. The number of aromatic nitrogens is 3. The van der Waals surface area contributed by atoms with Crippen LogP contribution in [0.15, 0.2) is 42.6 Å². The van der Waals surface area contributed by atoms with Gasteiger partial charge in [0.15, 0.2) is 5.69 Å². The molecule has 3 aromatic rings. The number of aryl methyl sites for hydroxylation is 2. The molecule has 2 N–H and O–H groups in total. The van der Waals surface area contributed by atoms with Crippen molar-refractivity contribution in [2.45, 2.75) is 32.8 Å². The molecule has 4 rings (SSSR count). The Morgan fingerprint density at radius 1 is 1.22 bits per heavy atom. The first kappa shape index (κ1) is 17.4. The Kier molecular flexibility index (Phi) is 4.98. The van der Waals surface area contributed by atoms with E-state index in [1.807, 2.05) is 37.3 Å². The number of nitrogens with zero attached hydrogens (tertiary/aromatic N) is 2. The van der Waals surface area contributed by atoms with Crippen molar-refractivity contribution in [3.63, 3.8) is 0 Å². The fraction of sp³-hybridized carbons (Fsp3) is 0.286. The van der Waals surface area contributed by atoms with Crippen LogP contribution >= 0.6 is 0 Å². The minimum Gasteiger partial charge on any atom is -0.377 e. The molecule has 138 valence electrons. The van der Waals surface area contributed by atoms with Gasteiger partial charge in [-0.15, -0.1) is 0 Å². The highest BCUT2D eigenvalue weighted by atomic mass is 16.5. The summed E-state index contributed by atoms with van der Waals surface area (Å²) in [7, 11) is 0. The van der Waals surface area contributed by atoms with E-state index in [0.29, 0.717) is 18.9 Å². The van der Waals surface area contributed by atoms with Crippen molar-refractivity contribution in [2.24, 2.45) is 0 Å². The van der Waals surface area contributed by atoms with Crippen LogP contribution < -0.4 is 5.32 Å². The van der Waals surface area contributed by atoms with E-state index in [4.69, 9.17) is 4.74 Å². The highest BCUT2D eigenvalue weighted by Gasteiger charge is 2.25. The van der Waals surface area contributed by atoms with E-state index in [2.05, 4.69) is 26.6 Å². The number of pyridine rings is 1. The maximum atomic E-state index is 12.9. The molecule has 0 aliphatic heterocycles. The summed E-state index contributed by atoms with van der Waals surface area (Å²) in [5.74, 6) is -0.233. The number of anilines is 1. The summed E-state index contributed by atoms with van der Waals surface area (Å²) in [4.78, 5) is 17.4. The van der Waals surface area contributed by atoms with Crippen molar-refractivity contribution >= 4 is 11.6 Å². The second kappa shape index (κ2) is 7.72. The van der Waals surface area contributed by atoms with Gasteiger partial charge in [0.05, 0.1) is 17.9 Å². The fourth-order valence-electron chi connectivity index (χ4n) is 3.39. The first-order valence-corrected chi connectivity index (χ1v) is 9.25. The number of carbonyl (C=O) groups is 1. The lowest BCUT2D eigenvalue weighted by Gasteiger charge is -2.08. The van der Waals surface area contributed by atoms with Crippen molar-refractivity contribution in [1.82, 2.24) is 15.2 Å². The van der Waals surface area contributed by atoms with Gasteiger partial charge in [0.2, 0.25) is 0 Å². The number of hydrogen-bond acceptors (Lipinski definition) is 4. The van der Waals surface area contributed by atoms with E-state index in [1.54, 1.807) is 6.20 Å². The van der Waals surface area contributed by atoms with Gasteiger partial charge in [0.25, 0.3) is 5.91 Å².